The van der Waals surface area contributed by atoms with E-state index in [4.69, 9.17) is 16.9 Å². The molecule has 0 bridgehead atoms. The number of benzene rings is 1. The maximum absolute atomic E-state index is 12.7. The van der Waals surface area contributed by atoms with E-state index in [-0.39, 0.29) is 16.0 Å². The number of fused-ring (bicyclic) bond motifs is 1. The fraction of sp³-hybridized carbons (Fsp3) is 0.462. The van der Waals surface area contributed by atoms with Gasteiger partial charge in [0.25, 0.3) is 0 Å². The summed E-state index contributed by atoms with van der Waals surface area (Å²) in [6.07, 6.45) is 0.880. The molecule has 0 radical (unpaired) electrons. The van der Waals surface area contributed by atoms with E-state index < -0.39 is 10.0 Å². The first-order valence-electron chi connectivity index (χ1n) is 6.46. The van der Waals surface area contributed by atoms with Gasteiger partial charge in [-0.2, -0.15) is 9.57 Å². The van der Waals surface area contributed by atoms with E-state index in [1.807, 2.05) is 6.07 Å². The SMILES string of the molecule is N#Cc1ccc(S(=O)(=O)N2CC[C@H]3CNC[C@H]32)c(Cl)c1. The lowest BCUT2D eigenvalue weighted by Crippen LogP contribution is -2.39. The van der Waals surface area contributed by atoms with Crippen molar-refractivity contribution in [2.75, 3.05) is 19.6 Å². The van der Waals surface area contributed by atoms with Gasteiger partial charge in [-0.15, -0.1) is 0 Å². The summed E-state index contributed by atoms with van der Waals surface area (Å²) in [7, 11) is -3.60. The van der Waals surface area contributed by atoms with Gasteiger partial charge >= 0.3 is 0 Å². The zero-order chi connectivity index (χ0) is 14.3. The Morgan fingerprint density at radius 3 is 2.90 bits per heavy atom. The van der Waals surface area contributed by atoms with E-state index in [2.05, 4.69) is 5.32 Å². The molecule has 20 heavy (non-hydrogen) atoms. The summed E-state index contributed by atoms with van der Waals surface area (Å²) >= 11 is 6.04. The molecule has 1 aromatic carbocycles. The first-order valence-corrected chi connectivity index (χ1v) is 8.28. The normalized spacial score (nSPS) is 26.4. The third kappa shape index (κ3) is 2.11. The van der Waals surface area contributed by atoms with Crippen molar-refractivity contribution in [2.24, 2.45) is 5.92 Å². The minimum atomic E-state index is -3.60. The molecule has 1 N–H and O–H groups in total. The Morgan fingerprint density at radius 1 is 1.40 bits per heavy atom. The Balaban J connectivity index is 1.98. The highest BCUT2D eigenvalue weighted by Gasteiger charge is 2.44. The first kappa shape index (κ1) is 13.8. The number of nitriles is 1. The average Bonchev–Trinajstić information content (AvgIpc) is 3.00. The van der Waals surface area contributed by atoms with E-state index in [1.165, 1.54) is 18.2 Å². The molecule has 0 saturated carbocycles. The van der Waals surface area contributed by atoms with E-state index in [0.29, 0.717) is 24.6 Å². The van der Waals surface area contributed by atoms with Crippen molar-refractivity contribution >= 4 is 21.6 Å². The van der Waals surface area contributed by atoms with Crippen LogP contribution in [0, 0.1) is 17.2 Å². The molecule has 2 fully saturated rings. The Labute approximate surface area is 123 Å². The van der Waals surface area contributed by atoms with E-state index in [0.717, 1.165) is 13.0 Å². The lowest BCUT2D eigenvalue weighted by molar-refractivity contribution is 0.383. The smallest absolute Gasteiger partial charge is 0.244 e. The molecule has 0 unspecified atom stereocenters. The average molecular weight is 312 g/mol. The predicted octanol–water partition coefficient (Wildman–Crippen LogP) is 1.19. The summed E-state index contributed by atoms with van der Waals surface area (Å²) < 4.78 is 27.0. The third-order valence-corrected chi connectivity index (χ3v) is 6.45. The van der Waals surface area contributed by atoms with Crippen molar-refractivity contribution < 1.29 is 8.42 Å². The van der Waals surface area contributed by atoms with Crippen molar-refractivity contribution in [2.45, 2.75) is 17.4 Å². The number of sulfonamides is 1. The predicted molar refractivity (Wildman–Crippen MR) is 74.8 cm³/mol. The van der Waals surface area contributed by atoms with Crippen LogP contribution in [0.1, 0.15) is 12.0 Å². The molecular weight excluding hydrogens is 298 g/mol. The van der Waals surface area contributed by atoms with E-state index in [9.17, 15) is 8.42 Å². The van der Waals surface area contributed by atoms with Crippen LogP contribution >= 0.6 is 11.6 Å². The van der Waals surface area contributed by atoms with Gasteiger partial charge in [0, 0.05) is 19.1 Å². The summed E-state index contributed by atoms with van der Waals surface area (Å²) in [5.41, 5.74) is 0.357. The molecule has 5 nitrogen and oxygen atoms in total. The molecule has 106 valence electrons. The highest BCUT2D eigenvalue weighted by atomic mass is 35.5. The molecule has 0 aliphatic carbocycles. The second kappa shape index (κ2) is 5.01. The lowest BCUT2D eigenvalue weighted by atomic mass is 10.1. The lowest BCUT2D eigenvalue weighted by Gasteiger charge is -2.23. The molecule has 2 saturated heterocycles. The summed E-state index contributed by atoms with van der Waals surface area (Å²) in [6, 6.07) is 6.28. The topological polar surface area (TPSA) is 73.2 Å². The second-order valence-electron chi connectivity index (χ2n) is 5.15. The zero-order valence-electron chi connectivity index (χ0n) is 10.7. The molecule has 0 spiro atoms. The van der Waals surface area contributed by atoms with Crippen LogP contribution in [0.15, 0.2) is 23.1 Å². The molecule has 0 amide bonds. The maximum atomic E-state index is 12.7. The molecule has 2 aliphatic rings. The molecule has 7 heteroatoms. The van der Waals surface area contributed by atoms with Crippen molar-refractivity contribution in [3.05, 3.63) is 28.8 Å². The van der Waals surface area contributed by atoms with Gasteiger partial charge in [0.15, 0.2) is 0 Å². The molecule has 2 aliphatic heterocycles. The van der Waals surface area contributed by atoms with Gasteiger partial charge in [0.1, 0.15) is 4.90 Å². The van der Waals surface area contributed by atoms with E-state index >= 15 is 0 Å². The summed E-state index contributed by atoms with van der Waals surface area (Å²) in [5, 5.41) is 12.2. The van der Waals surface area contributed by atoms with Crippen LogP contribution in [0.3, 0.4) is 0 Å². The Kier molecular flexibility index (Phi) is 3.46. The van der Waals surface area contributed by atoms with Gasteiger partial charge < -0.3 is 5.32 Å². The summed E-state index contributed by atoms with van der Waals surface area (Å²) in [6.45, 7) is 2.10. The molecular formula is C13H14ClN3O2S. The van der Waals surface area contributed by atoms with Gasteiger partial charge in [-0.1, -0.05) is 11.6 Å². The number of nitrogens with one attached hydrogen (secondary N) is 1. The highest BCUT2D eigenvalue weighted by Crippen LogP contribution is 2.34. The fourth-order valence-electron chi connectivity index (χ4n) is 3.01. The van der Waals surface area contributed by atoms with Gasteiger partial charge in [-0.05, 0) is 37.1 Å². The van der Waals surface area contributed by atoms with Crippen LogP contribution in [-0.4, -0.2) is 38.4 Å². The van der Waals surface area contributed by atoms with Crippen molar-refractivity contribution in [1.82, 2.24) is 9.62 Å². The number of hydrogen-bond acceptors (Lipinski definition) is 4. The van der Waals surface area contributed by atoms with Gasteiger partial charge in [0.05, 0.1) is 16.7 Å². The van der Waals surface area contributed by atoms with Gasteiger partial charge in [-0.3, -0.25) is 0 Å². The maximum Gasteiger partial charge on any atom is 0.244 e. The Morgan fingerprint density at radius 2 is 2.20 bits per heavy atom. The fourth-order valence-corrected chi connectivity index (χ4v) is 5.23. The zero-order valence-corrected chi connectivity index (χ0v) is 12.3. The van der Waals surface area contributed by atoms with Crippen LogP contribution in [0.5, 0.6) is 0 Å². The monoisotopic (exact) mass is 311 g/mol. The molecule has 0 aromatic heterocycles. The van der Waals surface area contributed by atoms with Crippen molar-refractivity contribution in [3.63, 3.8) is 0 Å². The number of halogens is 1. The minimum absolute atomic E-state index is 0.0201. The summed E-state index contributed by atoms with van der Waals surface area (Å²) in [5.74, 6) is 0.391. The van der Waals surface area contributed by atoms with Crippen LogP contribution in [0.2, 0.25) is 5.02 Å². The van der Waals surface area contributed by atoms with Crippen LogP contribution < -0.4 is 5.32 Å². The van der Waals surface area contributed by atoms with Gasteiger partial charge in [0.2, 0.25) is 10.0 Å². The molecule has 1 aromatic rings. The highest BCUT2D eigenvalue weighted by molar-refractivity contribution is 7.89. The molecule has 3 rings (SSSR count). The van der Waals surface area contributed by atoms with Crippen LogP contribution in [-0.2, 0) is 10.0 Å². The number of nitrogens with zero attached hydrogens (tertiary/aromatic N) is 2. The summed E-state index contributed by atoms with van der Waals surface area (Å²) in [4.78, 5) is 0.0886. The minimum Gasteiger partial charge on any atom is -0.315 e. The molecule has 2 heterocycles. The first-order chi connectivity index (χ1) is 9.54. The third-order valence-electron chi connectivity index (χ3n) is 4.04. The largest absolute Gasteiger partial charge is 0.315 e. The quantitative estimate of drug-likeness (QED) is 0.890. The van der Waals surface area contributed by atoms with Crippen LogP contribution in [0.25, 0.3) is 0 Å². The van der Waals surface area contributed by atoms with Crippen molar-refractivity contribution in [3.8, 4) is 6.07 Å². The van der Waals surface area contributed by atoms with Gasteiger partial charge in [-0.25, -0.2) is 8.42 Å². The standard InChI is InChI=1S/C13H14ClN3O2S/c14-11-5-9(6-15)1-2-13(11)20(18,19)17-4-3-10-7-16-8-12(10)17/h1-2,5,10,12,16H,3-4,7-8H2/t10-,12+/m0/s1. The molecule has 2 atom stereocenters. The van der Waals surface area contributed by atoms with Crippen LogP contribution in [0.4, 0.5) is 0 Å². The second-order valence-corrected chi connectivity index (χ2v) is 7.41. The van der Waals surface area contributed by atoms with E-state index in [1.54, 1.807) is 4.31 Å². The number of rotatable bonds is 2. The number of hydrogen-bond donors (Lipinski definition) is 1. The Hall–Kier alpha value is -1.13. The Bertz CT molecular complexity index is 683. The van der Waals surface area contributed by atoms with Crippen molar-refractivity contribution in [1.29, 1.82) is 5.26 Å².